The average Bonchev–Trinajstić information content (AvgIpc) is 2.80. The van der Waals surface area contributed by atoms with Gasteiger partial charge < -0.3 is 14.5 Å². The number of rotatable bonds is 3. The lowest BCUT2D eigenvalue weighted by atomic mass is 10.2. The lowest BCUT2D eigenvalue weighted by Crippen LogP contribution is -2.16. The van der Waals surface area contributed by atoms with Gasteiger partial charge in [0, 0.05) is 18.1 Å². The van der Waals surface area contributed by atoms with Crippen LogP contribution in [0.15, 0.2) is 27.2 Å². The third-order valence-corrected chi connectivity index (χ3v) is 2.91. The topological polar surface area (TPSA) is 62.4 Å². The Morgan fingerprint density at radius 3 is 2.94 bits per heavy atom. The zero-order valence-electron chi connectivity index (χ0n) is 9.51. The van der Waals surface area contributed by atoms with Crippen molar-refractivity contribution in [2.45, 2.75) is 6.92 Å². The van der Waals surface area contributed by atoms with Gasteiger partial charge in [-0.3, -0.25) is 0 Å². The lowest BCUT2D eigenvalue weighted by Gasteiger charge is -2.08. The number of phenolic OH excluding ortho intramolecular Hbond substituents is 1. The van der Waals surface area contributed by atoms with Crippen LogP contribution >= 0.6 is 15.9 Å². The number of hydrogen-bond donors (Lipinski definition) is 1. The Hall–Kier alpha value is -1.56. The van der Waals surface area contributed by atoms with Gasteiger partial charge in [-0.2, -0.15) is 4.98 Å². The molecule has 0 spiro atoms. The van der Waals surface area contributed by atoms with Crippen molar-refractivity contribution < 1.29 is 9.63 Å². The van der Waals surface area contributed by atoms with Crippen molar-refractivity contribution in [2.75, 3.05) is 18.5 Å². The number of anilines is 1. The van der Waals surface area contributed by atoms with E-state index in [1.807, 2.05) is 18.9 Å². The van der Waals surface area contributed by atoms with Crippen LogP contribution in [0.2, 0.25) is 0 Å². The summed E-state index contributed by atoms with van der Waals surface area (Å²) in [5, 5.41) is 13.6. The van der Waals surface area contributed by atoms with Crippen molar-refractivity contribution in [2.24, 2.45) is 0 Å². The van der Waals surface area contributed by atoms with Crippen LogP contribution < -0.4 is 4.90 Å². The number of hydrogen-bond acceptors (Lipinski definition) is 5. The van der Waals surface area contributed by atoms with Gasteiger partial charge in [0.25, 0.3) is 11.8 Å². The molecular formula is C11H12BrN3O2. The van der Waals surface area contributed by atoms with Crippen LogP contribution in [-0.4, -0.2) is 28.8 Å². The van der Waals surface area contributed by atoms with E-state index in [2.05, 4.69) is 26.1 Å². The molecule has 0 bridgehead atoms. The molecule has 0 amide bonds. The number of aromatic nitrogens is 2. The van der Waals surface area contributed by atoms with Crippen LogP contribution in [0.25, 0.3) is 11.5 Å². The second-order valence-electron chi connectivity index (χ2n) is 3.58. The highest BCUT2D eigenvalue weighted by molar-refractivity contribution is 9.10. The first-order valence-electron chi connectivity index (χ1n) is 5.15. The molecule has 0 unspecified atom stereocenters. The Balaban J connectivity index is 2.40. The minimum atomic E-state index is 0.113. The first-order valence-corrected chi connectivity index (χ1v) is 5.95. The monoisotopic (exact) mass is 297 g/mol. The molecule has 0 aliphatic rings. The quantitative estimate of drug-likeness (QED) is 0.944. The van der Waals surface area contributed by atoms with Crippen LogP contribution in [0, 0.1) is 0 Å². The van der Waals surface area contributed by atoms with Gasteiger partial charge in [-0.05, 0) is 30.3 Å². The summed E-state index contributed by atoms with van der Waals surface area (Å²) in [6.45, 7) is 2.77. The molecule has 0 saturated carbocycles. The molecule has 2 rings (SSSR count). The third-order valence-electron chi connectivity index (χ3n) is 2.42. The van der Waals surface area contributed by atoms with Crippen LogP contribution in [0.1, 0.15) is 6.92 Å². The Labute approximate surface area is 107 Å². The van der Waals surface area contributed by atoms with Crippen molar-refractivity contribution in [3.8, 4) is 17.2 Å². The highest BCUT2D eigenvalue weighted by Gasteiger charge is 2.14. The van der Waals surface area contributed by atoms with Crippen LogP contribution in [0.4, 0.5) is 5.95 Å². The molecule has 6 heteroatoms. The van der Waals surface area contributed by atoms with E-state index in [4.69, 9.17) is 4.52 Å². The van der Waals surface area contributed by atoms with E-state index in [0.29, 0.717) is 17.4 Å². The van der Waals surface area contributed by atoms with Crippen LogP contribution in [0.3, 0.4) is 0 Å². The highest BCUT2D eigenvalue weighted by atomic mass is 79.9. The first-order chi connectivity index (χ1) is 8.11. The largest absolute Gasteiger partial charge is 0.507 e. The van der Waals surface area contributed by atoms with E-state index in [1.54, 1.807) is 18.2 Å². The van der Waals surface area contributed by atoms with Gasteiger partial charge in [0.05, 0.1) is 5.56 Å². The Kier molecular flexibility index (Phi) is 3.33. The molecular weight excluding hydrogens is 286 g/mol. The van der Waals surface area contributed by atoms with Crippen molar-refractivity contribution >= 4 is 21.9 Å². The van der Waals surface area contributed by atoms with Gasteiger partial charge in [-0.1, -0.05) is 15.9 Å². The van der Waals surface area contributed by atoms with Crippen LogP contribution in [0.5, 0.6) is 5.75 Å². The summed E-state index contributed by atoms with van der Waals surface area (Å²) in [6, 6.07) is 5.06. The summed E-state index contributed by atoms with van der Waals surface area (Å²) in [5.74, 6) is 0.920. The minimum absolute atomic E-state index is 0.113. The fraction of sp³-hybridized carbons (Fsp3) is 0.273. The second kappa shape index (κ2) is 4.75. The van der Waals surface area contributed by atoms with Gasteiger partial charge in [-0.15, -0.1) is 0 Å². The average molecular weight is 298 g/mol. The second-order valence-corrected chi connectivity index (χ2v) is 4.49. The zero-order chi connectivity index (χ0) is 12.4. The summed E-state index contributed by atoms with van der Waals surface area (Å²) < 4.78 is 5.97. The molecule has 0 aliphatic heterocycles. The summed E-state index contributed by atoms with van der Waals surface area (Å²) in [7, 11) is 1.87. The lowest BCUT2D eigenvalue weighted by molar-refractivity contribution is 0.424. The molecule has 1 N–H and O–H groups in total. The molecule has 5 nitrogen and oxygen atoms in total. The number of nitrogens with zero attached hydrogens (tertiary/aromatic N) is 3. The molecule has 0 atom stereocenters. The smallest absolute Gasteiger partial charge is 0.266 e. The molecule has 1 heterocycles. The standard InChI is InChI=1S/C11H12BrN3O2/c1-3-15(2)11-13-10(17-14-11)8-6-7(12)4-5-9(8)16/h4-6,16H,3H2,1-2H3. The maximum absolute atomic E-state index is 9.73. The summed E-state index contributed by atoms with van der Waals surface area (Å²) in [5.41, 5.74) is 0.516. The van der Waals surface area contributed by atoms with E-state index in [9.17, 15) is 5.11 Å². The zero-order valence-corrected chi connectivity index (χ0v) is 11.1. The first kappa shape index (κ1) is 11.9. The summed E-state index contributed by atoms with van der Waals surface area (Å²) in [6.07, 6.45) is 0. The van der Waals surface area contributed by atoms with Crippen molar-refractivity contribution in [1.82, 2.24) is 10.1 Å². The summed E-state index contributed by atoms with van der Waals surface area (Å²) in [4.78, 5) is 6.07. The van der Waals surface area contributed by atoms with E-state index in [-0.39, 0.29) is 5.75 Å². The van der Waals surface area contributed by atoms with E-state index >= 15 is 0 Å². The Morgan fingerprint density at radius 2 is 2.24 bits per heavy atom. The molecule has 90 valence electrons. The Morgan fingerprint density at radius 1 is 1.47 bits per heavy atom. The molecule has 0 radical (unpaired) electrons. The van der Waals surface area contributed by atoms with Gasteiger partial charge >= 0.3 is 0 Å². The van der Waals surface area contributed by atoms with E-state index in [1.165, 1.54) is 0 Å². The Bertz CT molecular complexity index is 527. The van der Waals surface area contributed by atoms with Gasteiger partial charge in [0.1, 0.15) is 5.75 Å². The third kappa shape index (κ3) is 2.41. The molecule has 1 aromatic heterocycles. The predicted molar refractivity (Wildman–Crippen MR) is 68.0 cm³/mol. The molecule has 0 aliphatic carbocycles. The molecule has 17 heavy (non-hydrogen) atoms. The molecule has 2 aromatic rings. The molecule has 1 aromatic carbocycles. The summed E-state index contributed by atoms with van der Waals surface area (Å²) >= 11 is 3.33. The molecule has 0 saturated heterocycles. The van der Waals surface area contributed by atoms with Gasteiger partial charge in [0.2, 0.25) is 0 Å². The SMILES string of the molecule is CCN(C)c1noc(-c2cc(Br)ccc2O)n1. The fourth-order valence-corrected chi connectivity index (χ4v) is 1.66. The van der Waals surface area contributed by atoms with Crippen molar-refractivity contribution in [1.29, 1.82) is 0 Å². The fourth-order valence-electron chi connectivity index (χ4n) is 1.30. The molecule has 0 fully saturated rings. The predicted octanol–water partition coefficient (Wildman–Crippen LogP) is 2.66. The van der Waals surface area contributed by atoms with Crippen LogP contribution in [-0.2, 0) is 0 Å². The number of halogens is 1. The van der Waals surface area contributed by atoms with Gasteiger partial charge in [-0.25, -0.2) is 0 Å². The number of aromatic hydroxyl groups is 1. The van der Waals surface area contributed by atoms with E-state index < -0.39 is 0 Å². The van der Waals surface area contributed by atoms with Crippen molar-refractivity contribution in [3.63, 3.8) is 0 Å². The maximum Gasteiger partial charge on any atom is 0.266 e. The van der Waals surface area contributed by atoms with E-state index in [0.717, 1.165) is 11.0 Å². The minimum Gasteiger partial charge on any atom is -0.507 e. The number of phenols is 1. The van der Waals surface area contributed by atoms with Crippen molar-refractivity contribution in [3.05, 3.63) is 22.7 Å². The van der Waals surface area contributed by atoms with Gasteiger partial charge in [0.15, 0.2) is 0 Å². The number of benzene rings is 1. The maximum atomic E-state index is 9.73. The highest BCUT2D eigenvalue weighted by Crippen LogP contribution is 2.31. The normalized spacial score (nSPS) is 10.5.